The zero-order valence-corrected chi connectivity index (χ0v) is 18.1. The van der Waals surface area contributed by atoms with Crippen molar-refractivity contribution >= 4 is 18.0 Å². The Morgan fingerprint density at radius 3 is 2.31 bits per heavy atom. The van der Waals surface area contributed by atoms with Gasteiger partial charge in [0.1, 0.15) is 12.6 Å². The van der Waals surface area contributed by atoms with Crippen molar-refractivity contribution in [3.63, 3.8) is 0 Å². The Kier molecular flexibility index (Phi) is 6.44. The quantitative estimate of drug-likeness (QED) is 0.719. The molecule has 7 nitrogen and oxygen atoms in total. The molecule has 0 spiro atoms. The smallest absolute Gasteiger partial charge is 0.407 e. The number of nitrogens with one attached hydrogen (secondary N) is 1. The third-order valence-electron chi connectivity index (χ3n) is 6.30. The van der Waals surface area contributed by atoms with Gasteiger partial charge < -0.3 is 20.1 Å². The summed E-state index contributed by atoms with van der Waals surface area (Å²) in [5.74, 6) is -1.27. The largest absolute Gasteiger partial charge is 0.480 e. The number of hydrogen-bond donors (Lipinski definition) is 2. The number of rotatable bonds is 6. The van der Waals surface area contributed by atoms with Gasteiger partial charge in [0.05, 0.1) is 0 Å². The Morgan fingerprint density at radius 2 is 1.69 bits per heavy atom. The minimum Gasteiger partial charge on any atom is -0.480 e. The van der Waals surface area contributed by atoms with E-state index in [1.165, 1.54) is 4.90 Å². The number of carbonyl (C=O) groups is 3. The van der Waals surface area contributed by atoms with Crippen LogP contribution in [0.2, 0.25) is 0 Å². The first-order valence-electron chi connectivity index (χ1n) is 11.1. The normalized spacial score (nSPS) is 18.4. The number of carbonyl (C=O) groups excluding carboxylic acids is 2. The lowest BCUT2D eigenvalue weighted by Crippen LogP contribution is -2.49. The van der Waals surface area contributed by atoms with Crippen molar-refractivity contribution in [2.75, 3.05) is 13.2 Å². The second-order valence-electron chi connectivity index (χ2n) is 8.51. The summed E-state index contributed by atoms with van der Waals surface area (Å²) >= 11 is 0. The second kappa shape index (κ2) is 9.42. The number of hydrogen-bond acceptors (Lipinski definition) is 4. The maximum atomic E-state index is 12.6. The molecular weight excluding hydrogens is 408 g/mol. The number of benzene rings is 2. The van der Waals surface area contributed by atoms with Crippen LogP contribution in [0, 0.1) is 0 Å². The van der Waals surface area contributed by atoms with E-state index in [0.29, 0.717) is 13.0 Å². The van der Waals surface area contributed by atoms with E-state index in [-0.39, 0.29) is 24.9 Å². The van der Waals surface area contributed by atoms with Crippen LogP contribution in [0.25, 0.3) is 11.1 Å². The summed E-state index contributed by atoms with van der Waals surface area (Å²) in [6.07, 6.45) is 1.52. The summed E-state index contributed by atoms with van der Waals surface area (Å²) in [5.41, 5.74) is 4.58. The second-order valence-corrected chi connectivity index (χ2v) is 8.51. The third-order valence-corrected chi connectivity index (χ3v) is 6.30. The van der Waals surface area contributed by atoms with Crippen LogP contribution in [-0.2, 0) is 14.3 Å². The first-order chi connectivity index (χ1) is 15.5. The van der Waals surface area contributed by atoms with Crippen LogP contribution >= 0.6 is 0 Å². The molecule has 2 aromatic carbocycles. The van der Waals surface area contributed by atoms with Crippen molar-refractivity contribution in [3.8, 4) is 11.1 Å². The Hall–Kier alpha value is -3.35. The van der Waals surface area contributed by atoms with Crippen molar-refractivity contribution in [1.29, 1.82) is 0 Å². The summed E-state index contributed by atoms with van der Waals surface area (Å²) < 4.78 is 5.53. The molecule has 1 saturated heterocycles. The number of likely N-dealkylation sites (tertiary alicyclic amines) is 1. The molecule has 1 aliphatic carbocycles. The lowest BCUT2D eigenvalue weighted by atomic mass is 9.98. The molecule has 2 atom stereocenters. The molecule has 2 unspecified atom stereocenters. The average molecular weight is 437 g/mol. The highest BCUT2D eigenvalue weighted by Crippen LogP contribution is 2.44. The fourth-order valence-electron chi connectivity index (χ4n) is 4.76. The van der Waals surface area contributed by atoms with Gasteiger partial charge in [0.15, 0.2) is 0 Å². The van der Waals surface area contributed by atoms with Gasteiger partial charge >= 0.3 is 12.1 Å². The highest BCUT2D eigenvalue weighted by molar-refractivity contribution is 5.84. The number of carboxylic acid groups (broad SMARTS) is 1. The number of nitrogens with zero attached hydrogens (tertiary/aromatic N) is 1. The van der Waals surface area contributed by atoms with Crippen molar-refractivity contribution < 1.29 is 24.2 Å². The number of carboxylic acids is 1. The minimum atomic E-state index is -0.977. The van der Waals surface area contributed by atoms with Crippen LogP contribution < -0.4 is 5.32 Å². The molecule has 7 heteroatoms. The number of aliphatic carboxylic acids is 1. The first kappa shape index (κ1) is 21.9. The van der Waals surface area contributed by atoms with E-state index >= 15 is 0 Å². The van der Waals surface area contributed by atoms with E-state index in [1.807, 2.05) is 24.3 Å². The van der Waals surface area contributed by atoms with Crippen molar-refractivity contribution in [3.05, 3.63) is 59.7 Å². The number of alkyl carbamates (subject to hydrolysis) is 1. The standard InChI is InChI=1S/C25H28N2O5/c1-16(14-23(28)27-13-7-6-12-22(27)24(29)30)26-25(31)32-15-21-19-10-4-2-8-17(19)18-9-3-5-11-20(18)21/h2-5,8-11,16,21-22H,6-7,12-15H2,1H3,(H,26,31)(H,29,30). The monoisotopic (exact) mass is 436 g/mol. The van der Waals surface area contributed by atoms with Crippen molar-refractivity contribution in [2.45, 2.75) is 50.6 Å². The average Bonchev–Trinajstić information content (AvgIpc) is 3.11. The van der Waals surface area contributed by atoms with Gasteiger partial charge in [-0.3, -0.25) is 4.79 Å². The van der Waals surface area contributed by atoms with Gasteiger partial charge in [-0.15, -0.1) is 0 Å². The molecule has 0 radical (unpaired) electrons. The van der Waals surface area contributed by atoms with Crippen LogP contribution in [0.4, 0.5) is 4.79 Å². The van der Waals surface area contributed by atoms with Crippen LogP contribution in [0.15, 0.2) is 48.5 Å². The molecule has 32 heavy (non-hydrogen) atoms. The number of fused-ring (bicyclic) bond motifs is 3. The Labute approximate surface area is 187 Å². The van der Waals surface area contributed by atoms with Gasteiger partial charge in [-0.2, -0.15) is 0 Å². The molecular formula is C25H28N2O5. The maximum absolute atomic E-state index is 12.6. The Morgan fingerprint density at radius 1 is 1.06 bits per heavy atom. The van der Waals surface area contributed by atoms with E-state index in [1.54, 1.807) is 6.92 Å². The number of amides is 2. The zero-order valence-electron chi connectivity index (χ0n) is 18.1. The molecule has 1 aliphatic heterocycles. The molecule has 2 amide bonds. The van der Waals surface area contributed by atoms with E-state index in [0.717, 1.165) is 35.1 Å². The summed E-state index contributed by atoms with van der Waals surface area (Å²) in [7, 11) is 0. The minimum absolute atomic E-state index is 0.0326. The SMILES string of the molecule is CC(CC(=O)N1CCCCC1C(=O)O)NC(=O)OCC1c2ccccc2-c2ccccc21. The zero-order chi connectivity index (χ0) is 22.7. The lowest BCUT2D eigenvalue weighted by molar-refractivity contribution is -0.152. The molecule has 2 aromatic rings. The van der Waals surface area contributed by atoms with E-state index in [4.69, 9.17) is 4.74 Å². The lowest BCUT2D eigenvalue weighted by Gasteiger charge is -2.33. The maximum Gasteiger partial charge on any atom is 0.407 e. The molecule has 1 fully saturated rings. The molecule has 0 aromatic heterocycles. The van der Waals surface area contributed by atoms with Gasteiger partial charge in [0, 0.05) is 24.9 Å². The van der Waals surface area contributed by atoms with Crippen LogP contribution in [0.5, 0.6) is 0 Å². The Balaban J connectivity index is 1.32. The van der Waals surface area contributed by atoms with E-state index < -0.39 is 24.1 Å². The fourth-order valence-corrected chi connectivity index (χ4v) is 4.76. The topological polar surface area (TPSA) is 95.9 Å². The Bertz CT molecular complexity index is 975. The number of piperidine rings is 1. The molecule has 2 aliphatic rings. The van der Waals surface area contributed by atoms with Gasteiger partial charge in [-0.05, 0) is 48.4 Å². The fraction of sp³-hybridized carbons (Fsp3) is 0.400. The highest BCUT2D eigenvalue weighted by Gasteiger charge is 2.33. The third kappa shape index (κ3) is 4.47. The summed E-state index contributed by atoms with van der Waals surface area (Å²) in [6, 6.07) is 15.0. The number of ether oxygens (including phenoxy) is 1. The summed E-state index contributed by atoms with van der Waals surface area (Å²) in [5, 5.41) is 12.1. The van der Waals surface area contributed by atoms with Crippen LogP contribution in [-0.4, -0.2) is 53.2 Å². The first-order valence-corrected chi connectivity index (χ1v) is 11.1. The molecule has 168 valence electrons. The predicted molar refractivity (Wildman–Crippen MR) is 119 cm³/mol. The van der Waals surface area contributed by atoms with Crippen molar-refractivity contribution in [1.82, 2.24) is 10.2 Å². The highest BCUT2D eigenvalue weighted by atomic mass is 16.5. The van der Waals surface area contributed by atoms with Gasteiger partial charge in [0.2, 0.25) is 5.91 Å². The van der Waals surface area contributed by atoms with Crippen LogP contribution in [0.3, 0.4) is 0 Å². The van der Waals surface area contributed by atoms with Crippen LogP contribution in [0.1, 0.15) is 49.7 Å². The van der Waals surface area contributed by atoms with E-state index in [2.05, 4.69) is 29.6 Å². The van der Waals surface area contributed by atoms with E-state index in [9.17, 15) is 19.5 Å². The van der Waals surface area contributed by atoms with Gasteiger partial charge in [-0.1, -0.05) is 48.5 Å². The summed E-state index contributed by atoms with van der Waals surface area (Å²) in [4.78, 5) is 37.9. The summed E-state index contributed by atoms with van der Waals surface area (Å²) in [6.45, 7) is 2.36. The van der Waals surface area contributed by atoms with Gasteiger partial charge in [0.25, 0.3) is 0 Å². The molecule has 0 saturated carbocycles. The molecule has 2 N–H and O–H groups in total. The predicted octanol–water partition coefficient (Wildman–Crippen LogP) is 3.77. The molecule has 4 rings (SSSR count). The molecule has 0 bridgehead atoms. The molecule has 1 heterocycles. The van der Waals surface area contributed by atoms with Gasteiger partial charge in [-0.25, -0.2) is 9.59 Å². The van der Waals surface area contributed by atoms with Crippen molar-refractivity contribution in [2.24, 2.45) is 0 Å².